The van der Waals surface area contributed by atoms with Gasteiger partial charge in [0.15, 0.2) is 5.84 Å². The summed E-state index contributed by atoms with van der Waals surface area (Å²) in [5, 5.41) is 15.2. The third-order valence-corrected chi connectivity index (χ3v) is 3.31. The molecule has 0 saturated carbocycles. The van der Waals surface area contributed by atoms with Gasteiger partial charge in [0.2, 0.25) is 0 Å². The van der Waals surface area contributed by atoms with Crippen molar-refractivity contribution in [1.82, 2.24) is 15.2 Å². The number of oxime groups is 1. The van der Waals surface area contributed by atoms with Crippen molar-refractivity contribution in [2.75, 3.05) is 19.6 Å². The first kappa shape index (κ1) is 16.4. The summed E-state index contributed by atoms with van der Waals surface area (Å²) in [6.45, 7) is 10.2. The molecule has 0 aliphatic heterocycles. The number of amidine groups is 1. The van der Waals surface area contributed by atoms with E-state index in [0.29, 0.717) is 18.3 Å². The number of rotatable bonds is 8. The minimum Gasteiger partial charge on any atom is -0.409 e. The topological polar surface area (TPSA) is 86.8 Å². The zero-order chi connectivity index (χ0) is 15.0. The highest BCUT2D eigenvalue weighted by atomic mass is 16.4. The van der Waals surface area contributed by atoms with Gasteiger partial charge in [0, 0.05) is 25.3 Å². The van der Waals surface area contributed by atoms with Gasteiger partial charge in [-0.15, -0.1) is 0 Å². The van der Waals surface area contributed by atoms with Crippen LogP contribution >= 0.6 is 0 Å². The van der Waals surface area contributed by atoms with E-state index in [9.17, 15) is 0 Å². The van der Waals surface area contributed by atoms with E-state index in [2.05, 4.69) is 41.1 Å². The molecule has 0 bridgehead atoms. The zero-order valence-electron chi connectivity index (χ0n) is 12.5. The lowest BCUT2D eigenvalue weighted by atomic mass is 10.1. The van der Waals surface area contributed by atoms with Crippen molar-refractivity contribution >= 4 is 5.84 Å². The molecule has 1 unspecified atom stereocenters. The fraction of sp³-hybridized carbons (Fsp3) is 0.571. The number of aromatic nitrogens is 1. The van der Waals surface area contributed by atoms with E-state index in [1.54, 1.807) is 6.20 Å². The maximum absolute atomic E-state index is 8.77. The maximum atomic E-state index is 8.77. The van der Waals surface area contributed by atoms with Crippen molar-refractivity contribution < 1.29 is 5.21 Å². The van der Waals surface area contributed by atoms with Crippen LogP contribution in [0.5, 0.6) is 0 Å². The normalized spacial score (nSPS) is 13.7. The van der Waals surface area contributed by atoms with Gasteiger partial charge in [-0.05, 0) is 31.6 Å². The highest BCUT2D eigenvalue weighted by Crippen LogP contribution is 2.05. The van der Waals surface area contributed by atoms with Crippen LogP contribution in [0.4, 0.5) is 0 Å². The molecule has 0 radical (unpaired) electrons. The molecule has 0 spiro atoms. The summed E-state index contributed by atoms with van der Waals surface area (Å²) in [4.78, 5) is 6.52. The van der Waals surface area contributed by atoms with Crippen molar-refractivity contribution in [1.29, 1.82) is 0 Å². The SMILES string of the molecule is CCN(CC)CC(C)NCc1cccnc1C(N)=NO. The van der Waals surface area contributed by atoms with Crippen molar-refractivity contribution in [2.24, 2.45) is 10.9 Å². The van der Waals surface area contributed by atoms with Gasteiger partial charge in [0.1, 0.15) is 5.69 Å². The van der Waals surface area contributed by atoms with Gasteiger partial charge in [0.05, 0.1) is 0 Å². The molecule has 6 nitrogen and oxygen atoms in total. The van der Waals surface area contributed by atoms with Crippen LogP contribution in [0.25, 0.3) is 0 Å². The number of pyridine rings is 1. The molecule has 1 aromatic heterocycles. The van der Waals surface area contributed by atoms with Crippen LogP contribution in [0, 0.1) is 0 Å². The van der Waals surface area contributed by atoms with Crippen molar-refractivity contribution in [2.45, 2.75) is 33.4 Å². The third kappa shape index (κ3) is 4.79. The van der Waals surface area contributed by atoms with Gasteiger partial charge in [-0.3, -0.25) is 4.98 Å². The monoisotopic (exact) mass is 279 g/mol. The summed E-state index contributed by atoms with van der Waals surface area (Å²) in [7, 11) is 0. The van der Waals surface area contributed by atoms with Crippen LogP contribution in [0.1, 0.15) is 32.0 Å². The molecule has 112 valence electrons. The molecule has 0 fully saturated rings. The van der Waals surface area contributed by atoms with Crippen molar-refractivity contribution in [3.05, 3.63) is 29.6 Å². The molecule has 1 heterocycles. The molecule has 20 heavy (non-hydrogen) atoms. The van der Waals surface area contributed by atoms with Crippen LogP contribution in [0.2, 0.25) is 0 Å². The predicted molar refractivity (Wildman–Crippen MR) is 80.8 cm³/mol. The molecule has 1 rings (SSSR count). The summed E-state index contributed by atoms with van der Waals surface area (Å²) in [6.07, 6.45) is 1.64. The molecule has 4 N–H and O–H groups in total. The van der Waals surface area contributed by atoms with Gasteiger partial charge < -0.3 is 21.2 Å². The molecule has 0 saturated heterocycles. The Bertz CT molecular complexity index is 431. The van der Waals surface area contributed by atoms with Crippen molar-refractivity contribution in [3.63, 3.8) is 0 Å². The zero-order valence-corrected chi connectivity index (χ0v) is 12.5. The Kier molecular flexibility index (Phi) is 6.97. The fourth-order valence-corrected chi connectivity index (χ4v) is 2.08. The molecule has 0 amide bonds. The van der Waals surface area contributed by atoms with E-state index in [0.717, 1.165) is 25.2 Å². The standard InChI is InChI=1S/C14H25N5O/c1-4-19(5-2)10-11(3)17-9-12-7-6-8-16-13(12)14(15)18-20/h6-8,11,17,20H,4-5,9-10H2,1-3H3,(H2,15,18). The second kappa shape index (κ2) is 8.50. The van der Waals surface area contributed by atoms with Crippen LogP contribution in [-0.2, 0) is 6.54 Å². The number of hydrogen-bond acceptors (Lipinski definition) is 5. The number of likely N-dealkylation sites (N-methyl/N-ethyl adjacent to an activating group) is 1. The predicted octanol–water partition coefficient (Wildman–Crippen LogP) is 0.996. The minimum absolute atomic E-state index is 0.0406. The van der Waals surface area contributed by atoms with Crippen LogP contribution in [0.15, 0.2) is 23.5 Å². The van der Waals surface area contributed by atoms with E-state index in [4.69, 9.17) is 10.9 Å². The van der Waals surface area contributed by atoms with E-state index in [1.165, 1.54) is 0 Å². The molecule has 1 atom stereocenters. The van der Waals surface area contributed by atoms with E-state index >= 15 is 0 Å². The number of nitrogens with zero attached hydrogens (tertiary/aromatic N) is 3. The van der Waals surface area contributed by atoms with E-state index in [-0.39, 0.29) is 5.84 Å². The second-order valence-electron chi connectivity index (χ2n) is 4.76. The Labute approximate surface area is 120 Å². The highest BCUT2D eigenvalue weighted by Gasteiger charge is 2.10. The molecule has 0 aliphatic carbocycles. The van der Waals surface area contributed by atoms with Gasteiger partial charge >= 0.3 is 0 Å². The maximum Gasteiger partial charge on any atom is 0.189 e. The summed E-state index contributed by atoms with van der Waals surface area (Å²) < 4.78 is 0. The lowest BCUT2D eigenvalue weighted by molar-refractivity contribution is 0.270. The van der Waals surface area contributed by atoms with E-state index in [1.807, 2.05) is 12.1 Å². The van der Waals surface area contributed by atoms with Crippen LogP contribution in [0.3, 0.4) is 0 Å². The van der Waals surface area contributed by atoms with Crippen LogP contribution < -0.4 is 11.1 Å². The first-order valence-electron chi connectivity index (χ1n) is 6.99. The molecule has 6 heteroatoms. The Hall–Kier alpha value is -1.66. The van der Waals surface area contributed by atoms with Crippen LogP contribution in [-0.4, -0.2) is 46.6 Å². The van der Waals surface area contributed by atoms with Gasteiger partial charge in [-0.25, -0.2) is 0 Å². The molecule has 0 aromatic carbocycles. The quantitative estimate of drug-likeness (QED) is 0.286. The Balaban J connectivity index is 2.61. The Morgan fingerprint density at radius 1 is 1.50 bits per heavy atom. The molecular formula is C14H25N5O. The summed E-state index contributed by atoms with van der Waals surface area (Å²) in [6, 6.07) is 4.13. The highest BCUT2D eigenvalue weighted by molar-refractivity contribution is 5.96. The minimum atomic E-state index is 0.0406. The Morgan fingerprint density at radius 3 is 2.80 bits per heavy atom. The summed E-state index contributed by atoms with van der Waals surface area (Å²) in [5.41, 5.74) is 7.08. The molecule has 1 aromatic rings. The number of nitrogens with two attached hydrogens (primary N) is 1. The average molecular weight is 279 g/mol. The second-order valence-corrected chi connectivity index (χ2v) is 4.76. The number of nitrogens with one attached hydrogen (secondary N) is 1. The fourth-order valence-electron chi connectivity index (χ4n) is 2.08. The van der Waals surface area contributed by atoms with Gasteiger partial charge in [0.25, 0.3) is 0 Å². The summed E-state index contributed by atoms with van der Waals surface area (Å²) in [5.74, 6) is 0.0406. The third-order valence-electron chi connectivity index (χ3n) is 3.31. The van der Waals surface area contributed by atoms with Crippen molar-refractivity contribution in [3.8, 4) is 0 Å². The first-order chi connectivity index (χ1) is 9.62. The summed E-state index contributed by atoms with van der Waals surface area (Å²) >= 11 is 0. The van der Waals surface area contributed by atoms with Gasteiger partial charge in [-0.2, -0.15) is 0 Å². The molecule has 0 aliphatic rings. The Morgan fingerprint density at radius 2 is 2.20 bits per heavy atom. The van der Waals surface area contributed by atoms with E-state index < -0.39 is 0 Å². The first-order valence-corrected chi connectivity index (χ1v) is 6.99. The smallest absolute Gasteiger partial charge is 0.189 e. The average Bonchev–Trinajstić information content (AvgIpc) is 2.50. The largest absolute Gasteiger partial charge is 0.409 e. The molecular weight excluding hydrogens is 254 g/mol. The lowest BCUT2D eigenvalue weighted by Gasteiger charge is -2.23. The lowest BCUT2D eigenvalue weighted by Crippen LogP contribution is -2.39. The number of hydrogen-bond donors (Lipinski definition) is 3. The van der Waals surface area contributed by atoms with Gasteiger partial charge in [-0.1, -0.05) is 25.1 Å².